The second-order valence-electron chi connectivity index (χ2n) is 6.43. The first-order valence-electron chi connectivity index (χ1n) is 8.65. The third-order valence-corrected chi connectivity index (χ3v) is 5.03. The van der Waals surface area contributed by atoms with Crippen molar-refractivity contribution in [1.29, 1.82) is 0 Å². The fourth-order valence-corrected chi connectivity index (χ4v) is 3.61. The van der Waals surface area contributed by atoms with Gasteiger partial charge < -0.3 is 5.32 Å². The summed E-state index contributed by atoms with van der Waals surface area (Å²) >= 11 is 6.22. The van der Waals surface area contributed by atoms with E-state index in [4.69, 9.17) is 11.6 Å². The molecule has 2 rings (SSSR count). The first-order chi connectivity index (χ1) is 11.8. The molecular formula is C18H24ClF3N2O. The topological polar surface area (TPSA) is 32.3 Å². The lowest BCUT2D eigenvalue weighted by Crippen LogP contribution is -2.44. The van der Waals surface area contributed by atoms with Crippen LogP contribution in [0.4, 0.5) is 18.9 Å². The summed E-state index contributed by atoms with van der Waals surface area (Å²) in [5.74, 6) is -1.65. The van der Waals surface area contributed by atoms with E-state index in [1.54, 1.807) is 4.90 Å². The summed E-state index contributed by atoms with van der Waals surface area (Å²) in [6.45, 7) is 4.29. The molecule has 0 radical (unpaired) electrons. The average molecular weight is 377 g/mol. The van der Waals surface area contributed by atoms with Crippen LogP contribution < -0.4 is 5.32 Å². The van der Waals surface area contributed by atoms with Gasteiger partial charge >= 0.3 is 6.18 Å². The van der Waals surface area contributed by atoms with Gasteiger partial charge in [0, 0.05) is 17.3 Å². The molecule has 25 heavy (non-hydrogen) atoms. The normalized spacial score (nSPS) is 19.0. The van der Waals surface area contributed by atoms with Gasteiger partial charge in [-0.15, -0.1) is 0 Å². The molecule has 140 valence electrons. The molecule has 0 aromatic heterocycles. The van der Waals surface area contributed by atoms with E-state index in [9.17, 15) is 18.0 Å². The molecule has 1 aliphatic heterocycles. The van der Waals surface area contributed by atoms with Gasteiger partial charge in [0.25, 0.3) is 0 Å². The van der Waals surface area contributed by atoms with E-state index >= 15 is 0 Å². The van der Waals surface area contributed by atoms with Crippen molar-refractivity contribution in [1.82, 2.24) is 4.90 Å². The van der Waals surface area contributed by atoms with Gasteiger partial charge in [-0.1, -0.05) is 31.5 Å². The van der Waals surface area contributed by atoms with E-state index in [0.717, 1.165) is 17.5 Å². The maximum atomic E-state index is 12.9. The lowest BCUT2D eigenvalue weighted by molar-refractivity contribution is -0.186. The summed E-state index contributed by atoms with van der Waals surface area (Å²) in [7, 11) is 0. The largest absolute Gasteiger partial charge is 0.393 e. The van der Waals surface area contributed by atoms with Crippen LogP contribution in [0.25, 0.3) is 0 Å². The Morgan fingerprint density at radius 2 is 2.04 bits per heavy atom. The molecule has 0 saturated carbocycles. The van der Waals surface area contributed by atoms with Crippen LogP contribution in [0.15, 0.2) is 12.1 Å². The van der Waals surface area contributed by atoms with Crippen LogP contribution in [0.5, 0.6) is 0 Å². The van der Waals surface area contributed by atoms with Crippen LogP contribution in [0.2, 0.25) is 5.02 Å². The summed E-state index contributed by atoms with van der Waals surface area (Å²) < 4.78 is 38.7. The monoisotopic (exact) mass is 376 g/mol. The van der Waals surface area contributed by atoms with Crippen molar-refractivity contribution in [3.8, 4) is 0 Å². The van der Waals surface area contributed by atoms with E-state index in [1.807, 2.05) is 26.0 Å². The smallest absolute Gasteiger partial charge is 0.324 e. The Labute approximate surface area is 151 Å². The molecule has 7 heteroatoms. The summed E-state index contributed by atoms with van der Waals surface area (Å²) in [6, 6.07) is 3.69. The molecule has 1 amide bonds. The summed E-state index contributed by atoms with van der Waals surface area (Å²) in [4.78, 5) is 14.0. The van der Waals surface area contributed by atoms with Crippen LogP contribution >= 0.6 is 11.6 Å². The molecule has 0 spiro atoms. The predicted molar refractivity (Wildman–Crippen MR) is 94.1 cm³/mol. The minimum absolute atomic E-state index is 0.0363. The number of halogens is 4. The predicted octanol–water partition coefficient (Wildman–Crippen LogP) is 4.68. The van der Waals surface area contributed by atoms with Gasteiger partial charge in [0.15, 0.2) is 0 Å². The van der Waals surface area contributed by atoms with Crippen LogP contribution in [0, 0.1) is 5.92 Å². The minimum Gasteiger partial charge on any atom is -0.324 e. The van der Waals surface area contributed by atoms with Gasteiger partial charge in [0.2, 0.25) is 5.91 Å². The second-order valence-corrected chi connectivity index (χ2v) is 6.84. The van der Waals surface area contributed by atoms with E-state index < -0.39 is 12.1 Å². The lowest BCUT2D eigenvalue weighted by atomic mass is 9.97. The number of nitrogens with zero attached hydrogens (tertiary/aromatic N) is 1. The fourth-order valence-electron chi connectivity index (χ4n) is 3.32. The van der Waals surface area contributed by atoms with Gasteiger partial charge in [-0.2, -0.15) is 13.2 Å². The van der Waals surface area contributed by atoms with E-state index in [-0.39, 0.29) is 25.4 Å². The number of hydrogen-bond acceptors (Lipinski definition) is 2. The fraction of sp³-hybridized carbons (Fsp3) is 0.611. The standard InChI is InChI=1S/C18H24ClF3N2O/c1-3-12-7-8-15(19)14(4-2)17(12)23-16(25)11-24-9-5-6-13(10-24)18(20,21)22/h7-8,13H,3-6,9-11H2,1-2H3,(H,23,25). The van der Waals surface area contributed by atoms with Crippen molar-refractivity contribution in [3.63, 3.8) is 0 Å². The molecule has 1 aromatic rings. The highest BCUT2D eigenvalue weighted by molar-refractivity contribution is 6.32. The number of benzene rings is 1. The molecule has 1 saturated heterocycles. The number of nitrogens with one attached hydrogen (secondary N) is 1. The Kier molecular flexibility index (Phi) is 6.74. The van der Waals surface area contributed by atoms with Gasteiger partial charge in [-0.25, -0.2) is 0 Å². The van der Waals surface area contributed by atoms with Crippen LogP contribution in [0.3, 0.4) is 0 Å². The second kappa shape index (κ2) is 8.41. The zero-order valence-corrected chi connectivity index (χ0v) is 15.3. The van der Waals surface area contributed by atoms with Crippen molar-refractivity contribution in [2.45, 2.75) is 45.7 Å². The summed E-state index contributed by atoms with van der Waals surface area (Å²) in [5, 5.41) is 3.46. The molecule has 1 unspecified atom stereocenters. The van der Waals surface area contributed by atoms with E-state index in [1.165, 1.54) is 0 Å². The van der Waals surface area contributed by atoms with Crippen molar-refractivity contribution >= 4 is 23.2 Å². The summed E-state index contributed by atoms with van der Waals surface area (Å²) in [5.41, 5.74) is 2.54. The van der Waals surface area contributed by atoms with Crippen molar-refractivity contribution in [2.75, 3.05) is 25.0 Å². The van der Waals surface area contributed by atoms with Crippen molar-refractivity contribution in [3.05, 3.63) is 28.3 Å². The van der Waals surface area contributed by atoms with Crippen molar-refractivity contribution < 1.29 is 18.0 Å². The molecule has 1 fully saturated rings. The van der Waals surface area contributed by atoms with Crippen molar-refractivity contribution in [2.24, 2.45) is 5.92 Å². The SMILES string of the molecule is CCc1ccc(Cl)c(CC)c1NC(=O)CN1CCCC(C(F)(F)F)C1. The molecule has 1 aromatic carbocycles. The van der Waals surface area contributed by atoms with Gasteiger partial charge in [0.05, 0.1) is 12.5 Å². The molecule has 0 aliphatic carbocycles. The number of likely N-dealkylation sites (tertiary alicyclic amines) is 1. The number of aryl methyl sites for hydroxylation is 1. The number of amides is 1. The van der Waals surface area contributed by atoms with Crippen LogP contribution in [-0.2, 0) is 17.6 Å². The van der Waals surface area contributed by atoms with Gasteiger partial charge in [-0.05, 0) is 49.4 Å². The van der Waals surface area contributed by atoms with E-state index in [2.05, 4.69) is 5.32 Å². The number of carbonyl (C=O) groups excluding carboxylic acids is 1. The summed E-state index contributed by atoms with van der Waals surface area (Å²) in [6.07, 6.45) is -2.21. The van der Waals surface area contributed by atoms with Crippen LogP contribution in [0.1, 0.15) is 37.8 Å². The highest BCUT2D eigenvalue weighted by Crippen LogP contribution is 2.33. The number of piperidine rings is 1. The highest BCUT2D eigenvalue weighted by Gasteiger charge is 2.41. The minimum atomic E-state index is -4.20. The Balaban J connectivity index is 2.07. The average Bonchev–Trinajstić information content (AvgIpc) is 2.55. The first kappa shape index (κ1) is 20.0. The molecule has 1 N–H and O–H groups in total. The highest BCUT2D eigenvalue weighted by atomic mass is 35.5. The third-order valence-electron chi connectivity index (χ3n) is 4.68. The maximum absolute atomic E-state index is 12.9. The van der Waals surface area contributed by atoms with E-state index in [0.29, 0.717) is 30.1 Å². The third kappa shape index (κ3) is 5.11. The van der Waals surface area contributed by atoms with Gasteiger partial charge in [0.1, 0.15) is 0 Å². The molecule has 0 bridgehead atoms. The molecular weight excluding hydrogens is 353 g/mol. The van der Waals surface area contributed by atoms with Gasteiger partial charge in [-0.3, -0.25) is 9.69 Å². The quantitative estimate of drug-likeness (QED) is 0.809. The molecule has 1 heterocycles. The molecule has 1 atom stereocenters. The zero-order chi connectivity index (χ0) is 18.6. The number of alkyl halides is 3. The van der Waals surface area contributed by atoms with Crippen LogP contribution in [-0.4, -0.2) is 36.6 Å². The number of rotatable bonds is 5. The Morgan fingerprint density at radius 3 is 2.64 bits per heavy atom. The Bertz CT molecular complexity index is 619. The Hall–Kier alpha value is -1.27. The lowest BCUT2D eigenvalue weighted by Gasteiger charge is -2.33. The number of anilines is 1. The molecule has 3 nitrogen and oxygen atoms in total. The first-order valence-corrected chi connectivity index (χ1v) is 9.03. The molecule has 1 aliphatic rings. The maximum Gasteiger partial charge on any atom is 0.393 e. The number of hydrogen-bond donors (Lipinski definition) is 1. The number of carbonyl (C=O) groups is 1. The Morgan fingerprint density at radius 1 is 1.32 bits per heavy atom. The zero-order valence-electron chi connectivity index (χ0n) is 14.5.